The van der Waals surface area contributed by atoms with Crippen molar-refractivity contribution in [3.8, 4) is 0 Å². The lowest BCUT2D eigenvalue weighted by molar-refractivity contribution is -0.120. The molecule has 0 aromatic rings. The van der Waals surface area contributed by atoms with Gasteiger partial charge >= 0.3 is 0 Å². The average molecular weight is 390 g/mol. The summed E-state index contributed by atoms with van der Waals surface area (Å²) in [5.41, 5.74) is 7.09. The van der Waals surface area contributed by atoms with E-state index in [1.165, 1.54) is 122 Å². The Morgan fingerprint density at radius 1 is 0.500 bits per heavy atom. The van der Waals surface area contributed by atoms with E-state index in [0.29, 0.717) is 11.7 Å². The Morgan fingerprint density at radius 2 is 0.786 bits per heavy atom. The molecule has 0 spiro atoms. The van der Waals surface area contributed by atoms with Crippen molar-refractivity contribution in [1.29, 1.82) is 0 Å². The van der Waals surface area contributed by atoms with E-state index < -0.39 is 0 Å². The summed E-state index contributed by atoms with van der Waals surface area (Å²) >= 11 is 0. The number of hydrogen-bond acceptors (Lipinski definition) is 2. The van der Waals surface area contributed by atoms with Crippen LogP contribution in [0, 0.1) is 11.8 Å². The molecule has 2 aliphatic carbocycles. The molecule has 0 amide bonds. The van der Waals surface area contributed by atoms with Crippen LogP contribution < -0.4 is 5.73 Å². The molecule has 0 heterocycles. The summed E-state index contributed by atoms with van der Waals surface area (Å²) in [7, 11) is 0. The zero-order valence-corrected chi connectivity index (χ0v) is 18.6. The molecule has 2 fully saturated rings. The second kappa shape index (κ2) is 15.1. The van der Waals surface area contributed by atoms with Gasteiger partial charge in [0.15, 0.2) is 5.78 Å². The van der Waals surface area contributed by atoms with Gasteiger partial charge in [-0.3, -0.25) is 4.79 Å². The largest absolute Gasteiger partial charge is 0.404 e. The van der Waals surface area contributed by atoms with Gasteiger partial charge in [0.25, 0.3) is 0 Å². The first-order valence-electron chi connectivity index (χ1n) is 12.8. The SMILES string of the molecule is N/C=C(\C(=O)C1CCCCCCCCCC1)C1CCCCCCCCCCC1. The van der Waals surface area contributed by atoms with Crippen molar-refractivity contribution in [2.45, 2.75) is 135 Å². The lowest BCUT2D eigenvalue weighted by Crippen LogP contribution is -2.23. The maximum Gasteiger partial charge on any atom is 0.163 e. The van der Waals surface area contributed by atoms with Gasteiger partial charge in [-0.1, -0.05) is 109 Å². The fourth-order valence-electron chi connectivity index (χ4n) is 5.38. The molecule has 2 saturated carbocycles. The summed E-state index contributed by atoms with van der Waals surface area (Å²) in [5, 5.41) is 0. The third-order valence-corrected chi connectivity index (χ3v) is 7.24. The molecule has 0 atom stereocenters. The number of hydrogen-bond donors (Lipinski definition) is 1. The molecule has 0 aromatic heterocycles. The smallest absolute Gasteiger partial charge is 0.163 e. The molecular weight excluding hydrogens is 342 g/mol. The molecule has 162 valence electrons. The topological polar surface area (TPSA) is 43.1 Å². The van der Waals surface area contributed by atoms with Crippen molar-refractivity contribution >= 4 is 5.78 Å². The van der Waals surface area contributed by atoms with Crippen molar-refractivity contribution in [2.75, 3.05) is 0 Å². The van der Waals surface area contributed by atoms with E-state index in [1.807, 2.05) is 0 Å². The highest BCUT2D eigenvalue weighted by Crippen LogP contribution is 2.31. The van der Waals surface area contributed by atoms with E-state index >= 15 is 0 Å². The molecular formula is C26H47NO. The Balaban J connectivity index is 1.97. The molecule has 2 heteroatoms. The maximum atomic E-state index is 13.5. The highest BCUT2D eigenvalue weighted by Gasteiger charge is 2.26. The van der Waals surface area contributed by atoms with Crippen LogP contribution in [0.1, 0.15) is 135 Å². The first kappa shape index (κ1) is 23.5. The molecule has 2 rings (SSSR count). The minimum Gasteiger partial charge on any atom is -0.404 e. The molecule has 0 radical (unpaired) electrons. The Hall–Kier alpha value is -0.790. The monoisotopic (exact) mass is 389 g/mol. The number of ketones is 1. The molecule has 2 nitrogen and oxygen atoms in total. The molecule has 28 heavy (non-hydrogen) atoms. The minimum absolute atomic E-state index is 0.231. The number of carbonyl (C=O) groups excluding carboxylic acids is 1. The molecule has 0 saturated heterocycles. The molecule has 2 aliphatic rings. The van der Waals surface area contributed by atoms with Gasteiger partial charge in [-0.05, 0) is 31.6 Å². The fraction of sp³-hybridized carbons (Fsp3) is 0.885. The lowest BCUT2D eigenvalue weighted by Gasteiger charge is -2.24. The average Bonchev–Trinajstić information content (AvgIpc) is 2.75. The molecule has 0 bridgehead atoms. The Bertz CT molecular complexity index is 418. The fourth-order valence-corrected chi connectivity index (χ4v) is 5.38. The van der Waals surface area contributed by atoms with Gasteiger partial charge in [0.05, 0.1) is 0 Å². The first-order chi connectivity index (χ1) is 13.8. The number of rotatable bonds is 3. The minimum atomic E-state index is 0.231. The van der Waals surface area contributed by atoms with Crippen LogP contribution in [0.2, 0.25) is 0 Å². The van der Waals surface area contributed by atoms with Crippen molar-refractivity contribution < 1.29 is 4.79 Å². The summed E-state index contributed by atoms with van der Waals surface area (Å²) in [4.78, 5) is 13.5. The van der Waals surface area contributed by atoms with Crippen molar-refractivity contribution in [3.05, 3.63) is 11.8 Å². The Kier molecular flexibility index (Phi) is 12.7. The van der Waals surface area contributed by atoms with Crippen molar-refractivity contribution in [3.63, 3.8) is 0 Å². The summed E-state index contributed by atoms with van der Waals surface area (Å²) in [6, 6.07) is 0. The Labute approximate surface area is 175 Å². The number of allylic oxidation sites excluding steroid dienone is 1. The third kappa shape index (κ3) is 9.14. The first-order valence-corrected chi connectivity index (χ1v) is 12.8. The normalized spacial score (nSPS) is 24.5. The van der Waals surface area contributed by atoms with Crippen LogP contribution in [0.5, 0.6) is 0 Å². The molecule has 0 unspecified atom stereocenters. The van der Waals surface area contributed by atoms with E-state index in [4.69, 9.17) is 5.73 Å². The summed E-state index contributed by atoms with van der Waals surface area (Å²) in [6.45, 7) is 0. The van der Waals surface area contributed by atoms with E-state index in [-0.39, 0.29) is 5.92 Å². The van der Waals surface area contributed by atoms with Gasteiger partial charge in [-0.25, -0.2) is 0 Å². The van der Waals surface area contributed by atoms with Crippen LogP contribution in [0.4, 0.5) is 0 Å². The van der Waals surface area contributed by atoms with Crippen LogP contribution in [0.25, 0.3) is 0 Å². The highest BCUT2D eigenvalue weighted by molar-refractivity contribution is 5.97. The van der Waals surface area contributed by atoms with Gasteiger partial charge in [-0.15, -0.1) is 0 Å². The molecule has 0 aliphatic heterocycles. The zero-order chi connectivity index (χ0) is 19.9. The lowest BCUT2D eigenvalue weighted by atomic mass is 9.80. The summed E-state index contributed by atoms with van der Waals surface area (Å²) in [6.07, 6.45) is 28.8. The molecule has 0 aromatic carbocycles. The van der Waals surface area contributed by atoms with Gasteiger partial charge in [0.1, 0.15) is 0 Å². The van der Waals surface area contributed by atoms with E-state index in [9.17, 15) is 4.79 Å². The second-order valence-electron chi connectivity index (χ2n) is 9.55. The van der Waals surface area contributed by atoms with E-state index in [0.717, 1.165) is 18.4 Å². The van der Waals surface area contributed by atoms with E-state index in [2.05, 4.69) is 0 Å². The van der Waals surface area contributed by atoms with Crippen LogP contribution in [0.15, 0.2) is 11.8 Å². The van der Waals surface area contributed by atoms with Crippen molar-refractivity contribution in [1.82, 2.24) is 0 Å². The zero-order valence-electron chi connectivity index (χ0n) is 18.6. The van der Waals surface area contributed by atoms with Crippen LogP contribution in [-0.4, -0.2) is 5.78 Å². The Morgan fingerprint density at radius 3 is 1.11 bits per heavy atom. The van der Waals surface area contributed by atoms with Gasteiger partial charge < -0.3 is 5.73 Å². The maximum absolute atomic E-state index is 13.5. The summed E-state index contributed by atoms with van der Waals surface area (Å²) in [5.74, 6) is 1.06. The van der Waals surface area contributed by atoms with Crippen LogP contribution >= 0.6 is 0 Å². The predicted octanol–water partition coefficient (Wildman–Crippen LogP) is 7.85. The highest BCUT2D eigenvalue weighted by atomic mass is 16.1. The standard InChI is InChI=1S/C26H47NO/c27-22-25(23-18-14-10-6-2-1-3-7-11-15-19-23)26(28)24-20-16-12-8-4-5-9-13-17-21-24/h22-24H,1-21,27H2/b25-22-. The van der Waals surface area contributed by atoms with Crippen molar-refractivity contribution in [2.24, 2.45) is 17.6 Å². The second-order valence-corrected chi connectivity index (χ2v) is 9.55. The summed E-state index contributed by atoms with van der Waals surface area (Å²) < 4.78 is 0. The molecule has 2 N–H and O–H groups in total. The van der Waals surface area contributed by atoms with Gasteiger partial charge in [0, 0.05) is 17.7 Å². The third-order valence-electron chi connectivity index (χ3n) is 7.24. The number of carbonyl (C=O) groups is 1. The van der Waals surface area contributed by atoms with Crippen LogP contribution in [0.3, 0.4) is 0 Å². The van der Waals surface area contributed by atoms with Gasteiger partial charge in [-0.2, -0.15) is 0 Å². The van der Waals surface area contributed by atoms with Crippen LogP contribution in [-0.2, 0) is 4.79 Å². The van der Waals surface area contributed by atoms with E-state index in [1.54, 1.807) is 6.20 Å². The van der Waals surface area contributed by atoms with Gasteiger partial charge in [0.2, 0.25) is 0 Å². The number of nitrogens with two attached hydrogens (primary N) is 1. The predicted molar refractivity (Wildman–Crippen MR) is 121 cm³/mol. The quantitative estimate of drug-likeness (QED) is 0.499. The number of Topliss-reactive ketones (excluding diaryl/α,β-unsaturated/α-hetero) is 1.